The third kappa shape index (κ3) is 3.15. The van der Waals surface area contributed by atoms with Crippen LogP contribution < -0.4 is 0 Å². The van der Waals surface area contributed by atoms with E-state index < -0.39 is 0 Å². The van der Waals surface area contributed by atoms with Crippen LogP contribution in [0.25, 0.3) is 22.2 Å². The first-order chi connectivity index (χ1) is 12.2. The molecule has 4 heteroatoms. The minimum absolute atomic E-state index is 0.518. The van der Waals surface area contributed by atoms with Gasteiger partial charge in [0.15, 0.2) is 0 Å². The zero-order chi connectivity index (χ0) is 17.2. The molecule has 4 rings (SSSR count). The van der Waals surface area contributed by atoms with E-state index in [1.807, 2.05) is 0 Å². The highest BCUT2D eigenvalue weighted by atomic mass is 15.6. The van der Waals surface area contributed by atoms with Crippen molar-refractivity contribution in [3.05, 3.63) is 77.9 Å². The first kappa shape index (κ1) is 15.5. The number of rotatable bonds is 4. The molecule has 4 nitrogen and oxygen atoms in total. The Labute approximate surface area is 147 Å². The minimum atomic E-state index is 0.518. The second kappa shape index (κ2) is 6.48. The molecule has 0 aliphatic heterocycles. The van der Waals surface area contributed by atoms with E-state index >= 15 is 0 Å². The lowest BCUT2D eigenvalue weighted by Gasteiger charge is -2.05. The summed E-state index contributed by atoms with van der Waals surface area (Å²) in [6.45, 7) is 4.99. The predicted molar refractivity (Wildman–Crippen MR) is 100 cm³/mol. The molecular formula is C21H20N4. The Morgan fingerprint density at radius 1 is 0.880 bits per heavy atom. The van der Waals surface area contributed by atoms with Gasteiger partial charge < -0.3 is 0 Å². The summed E-state index contributed by atoms with van der Waals surface area (Å²) in [4.78, 5) is 1.66. The molecule has 0 saturated carbocycles. The van der Waals surface area contributed by atoms with Crippen LogP contribution in [0.1, 0.15) is 30.9 Å². The van der Waals surface area contributed by atoms with Gasteiger partial charge in [0.25, 0.3) is 0 Å². The quantitative estimate of drug-likeness (QED) is 0.547. The van der Waals surface area contributed by atoms with Crippen molar-refractivity contribution in [2.75, 3.05) is 0 Å². The lowest BCUT2D eigenvalue weighted by atomic mass is 10.0. The van der Waals surface area contributed by atoms with Crippen molar-refractivity contribution >= 4 is 10.8 Å². The molecule has 1 aromatic heterocycles. The normalized spacial score (nSPS) is 11.3. The van der Waals surface area contributed by atoms with Gasteiger partial charge in [-0.1, -0.05) is 80.6 Å². The van der Waals surface area contributed by atoms with Crippen LogP contribution in [-0.2, 0) is 6.54 Å². The highest BCUT2D eigenvalue weighted by molar-refractivity contribution is 5.85. The van der Waals surface area contributed by atoms with Crippen molar-refractivity contribution < 1.29 is 0 Å². The van der Waals surface area contributed by atoms with Gasteiger partial charge in [-0.05, 0) is 33.0 Å². The highest BCUT2D eigenvalue weighted by Crippen LogP contribution is 2.21. The van der Waals surface area contributed by atoms with Crippen molar-refractivity contribution in [2.45, 2.75) is 26.3 Å². The van der Waals surface area contributed by atoms with Gasteiger partial charge in [0.2, 0.25) is 5.82 Å². The maximum absolute atomic E-state index is 4.55. The number of nitrogens with zero attached hydrogens (tertiary/aromatic N) is 4. The van der Waals surface area contributed by atoms with Crippen molar-refractivity contribution in [1.82, 2.24) is 20.2 Å². The molecule has 0 aliphatic carbocycles. The SMILES string of the molecule is CC(C)c1ccc(-c2nnn(Cc3cccc4ccccc34)n2)cc1. The molecule has 0 radical (unpaired) electrons. The van der Waals surface area contributed by atoms with Crippen molar-refractivity contribution in [3.63, 3.8) is 0 Å². The summed E-state index contributed by atoms with van der Waals surface area (Å²) in [6, 6.07) is 23.1. The Bertz CT molecular complexity index is 995. The predicted octanol–water partition coefficient (Wildman–Crippen LogP) is 4.67. The van der Waals surface area contributed by atoms with E-state index in [1.165, 1.54) is 21.9 Å². The Hall–Kier alpha value is -3.01. The average Bonchev–Trinajstić information content (AvgIpc) is 3.11. The Kier molecular flexibility index (Phi) is 4.02. The van der Waals surface area contributed by atoms with Crippen LogP contribution in [0, 0.1) is 0 Å². The fourth-order valence-electron chi connectivity index (χ4n) is 3.03. The second-order valence-electron chi connectivity index (χ2n) is 6.56. The van der Waals surface area contributed by atoms with Crippen LogP contribution in [0.3, 0.4) is 0 Å². The Morgan fingerprint density at radius 2 is 1.64 bits per heavy atom. The summed E-state index contributed by atoms with van der Waals surface area (Å²) in [5.41, 5.74) is 3.50. The largest absolute Gasteiger partial charge is 0.204 e. The Balaban J connectivity index is 1.61. The summed E-state index contributed by atoms with van der Waals surface area (Å²) in [5, 5.41) is 15.5. The minimum Gasteiger partial charge on any atom is -0.159 e. The summed E-state index contributed by atoms with van der Waals surface area (Å²) < 4.78 is 0. The van der Waals surface area contributed by atoms with Gasteiger partial charge in [0.05, 0.1) is 6.54 Å². The van der Waals surface area contributed by atoms with Crippen molar-refractivity contribution in [1.29, 1.82) is 0 Å². The fourth-order valence-corrected chi connectivity index (χ4v) is 3.03. The molecule has 4 aromatic rings. The third-order valence-corrected chi connectivity index (χ3v) is 4.48. The van der Waals surface area contributed by atoms with Crippen LogP contribution in [-0.4, -0.2) is 20.2 Å². The first-order valence-electron chi connectivity index (χ1n) is 8.55. The molecule has 1 heterocycles. The van der Waals surface area contributed by atoms with Crippen LogP contribution in [0.4, 0.5) is 0 Å². The van der Waals surface area contributed by atoms with Gasteiger partial charge >= 0.3 is 0 Å². The van der Waals surface area contributed by atoms with E-state index in [-0.39, 0.29) is 0 Å². The van der Waals surface area contributed by atoms with Gasteiger partial charge in [-0.3, -0.25) is 0 Å². The van der Waals surface area contributed by atoms with Gasteiger partial charge in [-0.2, -0.15) is 4.80 Å². The van der Waals surface area contributed by atoms with E-state index in [0.717, 1.165) is 5.56 Å². The van der Waals surface area contributed by atoms with E-state index in [4.69, 9.17) is 0 Å². The van der Waals surface area contributed by atoms with Crippen molar-refractivity contribution in [3.8, 4) is 11.4 Å². The smallest absolute Gasteiger partial charge is 0.159 e. The Morgan fingerprint density at radius 3 is 2.44 bits per heavy atom. The molecule has 3 aromatic carbocycles. The maximum atomic E-state index is 4.55. The fraction of sp³-hybridized carbons (Fsp3) is 0.190. The monoisotopic (exact) mass is 328 g/mol. The standard InChI is InChI=1S/C21H20N4/c1-15(2)16-10-12-18(13-11-16)21-22-24-25(23-21)14-19-8-5-7-17-6-3-4-9-20(17)19/h3-13,15H,14H2,1-2H3. The maximum Gasteiger partial charge on any atom is 0.204 e. The lowest BCUT2D eigenvalue weighted by molar-refractivity contribution is 0.575. The summed E-state index contributed by atoms with van der Waals surface area (Å²) >= 11 is 0. The third-order valence-electron chi connectivity index (χ3n) is 4.48. The van der Waals surface area contributed by atoms with Crippen molar-refractivity contribution in [2.24, 2.45) is 0 Å². The first-order valence-corrected chi connectivity index (χ1v) is 8.55. The van der Waals surface area contributed by atoms with Gasteiger partial charge in [0.1, 0.15) is 0 Å². The molecule has 25 heavy (non-hydrogen) atoms. The number of tetrazole rings is 1. The number of benzene rings is 3. The highest BCUT2D eigenvalue weighted by Gasteiger charge is 2.08. The van der Waals surface area contributed by atoms with Crippen LogP contribution >= 0.6 is 0 Å². The van der Waals surface area contributed by atoms with Gasteiger partial charge in [0, 0.05) is 5.56 Å². The zero-order valence-electron chi connectivity index (χ0n) is 14.4. The van der Waals surface area contributed by atoms with Crippen LogP contribution in [0.15, 0.2) is 66.7 Å². The van der Waals surface area contributed by atoms with E-state index in [9.17, 15) is 0 Å². The summed E-state index contributed by atoms with van der Waals surface area (Å²) in [6.07, 6.45) is 0. The average molecular weight is 328 g/mol. The molecule has 0 saturated heterocycles. The molecule has 124 valence electrons. The van der Waals surface area contributed by atoms with E-state index in [0.29, 0.717) is 18.3 Å². The zero-order valence-corrected chi connectivity index (χ0v) is 14.4. The van der Waals surface area contributed by atoms with Crippen LogP contribution in [0.5, 0.6) is 0 Å². The number of hydrogen-bond donors (Lipinski definition) is 0. The van der Waals surface area contributed by atoms with E-state index in [1.54, 1.807) is 4.80 Å². The molecular weight excluding hydrogens is 308 g/mol. The molecule has 0 unspecified atom stereocenters. The molecule has 0 fully saturated rings. The lowest BCUT2D eigenvalue weighted by Crippen LogP contribution is -2.04. The number of fused-ring (bicyclic) bond motifs is 1. The molecule has 0 aliphatic rings. The summed E-state index contributed by atoms with van der Waals surface area (Å²) in [5.74, 6) is 1.18. The molecule has 0 atom stereocenters. The van der Waals surface area contributed by atoms with Crippen LogP contribution in [0.2, 0.25) is 0 Å². The van der Waals surface area contributed by atoms with Gasteiger partial charge in [-0.25, -0.2) is 0 Å². The van der Waals surface area contributed by atoms with Gasteiger partial charge in [-0.15, -0.1) is 10.2 Å². The number of aromatic nitrogens is 4. The molecule has 0 N–H and O–H groups in total. The molecule has 0 bridgehead atoms. The second-order valence-corrected chi connectivity index (χ2v) is 6.56. The molecule has 0 amide bonds. The topological polar surface area (TPSA) is 43.6 Å². The number of hydrogen-bond acceptors (Lipinski definition) is 3. The van der Waals surface area contributed by atoms with E-state index in [2.05, 4.69) is 96.0 Å². The summed E-state index contributed by atoms with van der Waals surface area (Å²) in [7, 11) is 0. The molecule has 0 spiro atoms.